The molecule has 1 aliphatic rings. The van der Waals surface area contributed by atoms with Gasteiger partial charge in [-0.1, -0.05) is 0 Å². The van der Waals surface area contributed by atoms with Crippen molar-refractivity contribution in [2.75, 3.05) is 26.8 Å². The Labute approximate surface area is 125 Å². The SMILES string of the molecule is COCCN(CCC(=O)c1ccc(F)cn1)C(C)C1CC1. The van der Waals surface area contributed by atoms with Gasteiger partial charge < -0.3 is 4.74 Å². The number of nitrogens with zero attached hydrogens (tertiary/aromatic N) is 2. The molecule has 1 heterocycles. The zero-order valence-electron chi connectivity index (χ0n) is 12.7. The van der Waals surface area contributed by atoms with Crippen LogP contribution in [0.15, 0.2) is 18.3 Å². The van der Waals surface area contributed by atoms with Crippen LogP contribution in [0.25, 0.3) is 0 Å². The first-order valence-electron chi connectivity index (χ1n) is 7.49. The van der Waals surface area contributed by atoms with E-state index in [0.717, 1.165) is 18.7 Å². The molecule has 1 saturated carbocycles. The van der Waals surface area contributed by atoms with E-state index >= 15 is 0 Å². The van der Waals surface area contributed by atoms with Gasteiger partial charge in [0.2, 0.25) is 0 Å². The largest absolute Gasteiger partial charge is 0.383 e. The van der Waals surface area contributed by atoms with Crippen molar-refractivity contribution in [3.8, 4) is 0 Å². The summed E-state index contributed by atoms with van der Waals surface area (Å²) in [5.41, 5.74) is 0.335. The van der Waals surface area contributed by atoms with Crippen molar-refractivity contribution in [3.63, 3.8) is 0 Å². The van der Waals surface area contributed by atoms with Gasteiger partial charge in [-0.2, -0.15) is 0 Å². The minimum Gasteiger partial charge on any atom is -0.383 e. The lowest BCUT2D eigenvalue weighted by molar-refractivity contribution is 0.0898. The molecule has 1 aliphatic carbocycles. The molecule has 1 atom stereocenters. The van der Waals surface area contributed by atoms with Gasteiger partial charge in [0.25, 0.3) is 0 Å². The van der Waals surface area contributed by atoms with E-state index in [2.05, 4.69) is 16.8 Å². The molecule has 1 unspecified atom stereocenters. The average molecular weight is 294 g/mol. The highest BCUT2D eigenvalue weighted by Crippen LogP contribution is 2.35. The topological polar surface area (TPSA) is 42.4 Å². The molecule has 116 valence electrons. The molecule has 1 fully saturated rings. The third-order valence-electron chi connectivity index (χ3n) is 4.10. The van der Waals surface area contributed by atoms with Crippen LogP contribution in [-0.4, -0.2) is 48.5 Å². The molecule has 0 radical (unpaired) electrons. The predicted octanol–water partition coefficient (Wildman–Crippen LogP) is 2.54. The molecule has 0 amide bonds. The minimum absolute atomic E-state index is 0.0413. The zero-order valence-corrected chi connectivity index (χ0v) is 12.7. The Morgan fingerprint density at radius 3 is 2.81 bits per heavy atom. The van der Waals surface area contributed by atoms with E-state index in [9.17, 15) is 9.18 Å². The van der Waals surface area contributed by atoms with Crippen LogP contribution in [0.3, 0.4) is 0 Å². The second-order valence-corrected chi connectivity index (χ2v) is 5.64. The van der Waals surface area contributed by atoms with E-state index in [1.165, 1.54) is 25.0 Å². The number of ether oxygens (including phenoxy) is 1. The minimum atomic E-state index is -0.421. The van der Waals surface area contributed by atoms with Crippen LogP contribution in [0.1, 0.15) is 36.7 Å². The Morgan fingerprint density at radius 1 is 1.48 bits per heavy atom. The van der Waals surface area contributed by atoms with Gasteiger partial charge in [0.05, 0.1) is 12.8 Å². The fourth-order valence-corrected chi connectivity index (χ4v) is 2.52. The van der Waals surface area contributed by atoms with Gasteiger partial charge in [-0.15, -0.1) is 0 Å². The molecule has 4 nitrogen and oxygen atoms in total. The monoisotopic (exact) mass is 294 g/mol. The number of hydrogen-bond donors (Lipinski definition) is 0. The number of ketones is 1. The lowest BCUT2D eigenvalue weighted by Crippen LogP contribution is -2.38. The third kappa shape index (κ3) is 4.86. The second-order valence-electron chi connectivity index (χ2n) is 5.64. The fraction of sp³-hybridized carbons (Fsp3) is 0.625. The van der Waals surface area contributed by atoms with Crippen molar-refractivity contribution in [2.45, 2.75) is 32.2 Å². The van der Waals surface area contributed by atoms with Crippen molar-refractivity contribution < 1.29 is 13.9 Å². The molecule has 0 spiro atoms. The lowest BCUT2D eigenvalue weighted by atomic mass is 10.1. The Kier molecular flexibility index (Phi) is 5.82. The van der Waals surface area contributed by atoms with Crippen molar-refractivity contribution in [1.82, 2.24) is 9.88 Å². The molecule has 0 aliphatic heterocycles. The highest BCUT2D eigenvalue weighted by atomic mass is 19.1. The molecule has 21 heavy (non-hydrogen) atoms. The number of hydrogen-bond acceptors (Lipinski definition) is 4. The van der Waals surface area contributed by atoms with Crippen molar-refractivity contribution in [3.05, 3.63) is 29.8 Å². The first-order chi connectivity index (χ1) is 10.1. The summed E-state index contributed by atoms with van der Waals surface area (Å²) in [7, 11) is 1.69. The highest BCUT2D eigenvalue weighted by Gasteiger charge is 2.31. The summed E-state index contributed by atoms with van der Waals surface area (Å²) < 4.78 is 18.0. The number of carbonyl (C=O) groups excluding carboxylic acids is 1. The van der Waals surface area contributed by atoms with Crippen LogP contribution < -0.4 is 0 Å². The van der Waals surface area contributed by atoms with Crippen LogP contribution in [-0.2, 0) is 4.74 Å². The first-order valence-corrected chi connectivity index (χ1v) is 7.49. The summed E-state index contributed by atoms with van der Waals surface area (Å²) in [5.74, 6) is 0.289. The van der Waals surface area contributed by atoms with Crippen LogP contribution in [0.4, 0.5) is 4.39 Å². The number of carbonyl (C=O) groups is 1. The molecule has 0 N–H and O–H groups in total. The number of Topliss-reactive ketones (excluding diaryl/α,β-unsaturated/α-hetero) is 1. The predicted molar refractivity (Wildman–Crippen MR) is 78.8 cm³/mol. The molecule has 2 rings (SSSR count). The van der Waals surface area contributed by atoms with Crippen LogP contribution in [0, 0.1) is 11.7 Å². The van der Waals surface area contributed by atoms with E-state index < -0.39 is 5.82 Å². The van der Waals surface area contributed by atoms with E-state index in [-0.39, 0.29) is 5.78 Å². The Morgan fingerprint density at radius 2 is 2.24 bits per heavy atom. The summed E-state index contributed by atoms with van der Waals surface area (Å²) in [5, 5.41) is 0. The van der Waals surface area contributed by atoms with E-state index in [4.69, 9.17) is 4.74 Å². The summed E-state index contributed by atoms with van der Waals surface area (Å²) in [6.45, 7) is 4.41. The van der Waals surface area contributed by atoms with Gasteiger partial charge in [0.15, 0.2) is 5.78 Å². The molecule has 1 aromatic heterocycles. The smallest absolute Gasteiger partial charge is 0.182 e. The van der Waals surface area contributed by atoms with E-state index in [1.807, 2.05) is 0 Å². The normalized spacial score (nSPS) is 16.2. The van der Waals surface area contributed by atoms with E-state index in [1.54, 1.807) is 7.11 Å². The van der Waals surface area contributed by atoms with Gasteiger partial charge in [-0.3, -0.25) is 14.7 Å². The number of aromatic nitrogens is 1. The summed E-state index contributed by atoms with van der Waals surface area (Å²) in [6, 6.07) is 3.20. The lowest BCUT2D eigenvalue weighted by Gasteiger charge is -2.28. The van der Waals surface area contributed by atoms with Crippen LogP contribution >= 0.6 is 0 Å². The number of pyridine rings is 1. The van der Waals surface area contributed by atoms with Gasteiger partial charge in [0.1, 0.15) is 11.5 Å². The number of methoxy groups -OCH3 is 1. The highest BCUT2D eigenvalue weighted by molar-refractivity contribution is 5.94. The van der Waals surface area contributed by atoms with Crippen molar-refractivity contribution in [2.24, 2.45) is 5.92 Å². The molecular weight excluding hydrogens is 271 g/mol. The molecule has 0 saturated heterocycles. The maximum Gasteiger partial charge on any atom is 0.182 e. The molecule has 1 aromatic rings. The van der Waals surface area contributed by atoms with Crippen LogP contribution in [0.5, 0.6) is 0 Å². The van der Waals surface area contributed by atoms with Gasteiger partial charge in [0, 0.05) is 32.7 Å². The summed E-state index contributed by atoms with van der Waals surface area (Å²) >= 11 is 0. The standard InChI is InChI=1S/C16H23FN2O2/c1-12(13-3-4-13)19(9-10-21-2)8-7-16(20)15-6-5-14(17)11-18-15/h5-6,11-13H,3-4,7-10H2,1-2H3. The molecule has 0 aromatic carbocycles. The maximum absolute atomic E-state index is 12.8. The Hall–Kier alpha value is -1.33. The van der Waals surface area contributed by atoms with Gasteiger partial charge in [-0.05, 0) is 37.8 Å². The Bertz CT molecular complexity index is 460. The van der Waals surface area contributed by atoms with Crippen molar-refractivity contribution in [1.29, 1.82) is 0 Å². The second kappa shape index (κ2) is 7.61. The van der Waals surface area contributed by atoms with Gasteiger partial charge in [-0.25, -0.2) is 4.39 Å². The number of rotatable bonds is 9. The van der Waals surface area contributed by atoms with Crippen molar-refractivity contribution >= 4 is 5.78 Å². The zero-order chi connectivity index (χ0) is 15.2. The van der Waals surface area contributed by atoms with E-state index in [0.29, 0.717) is 31.3 Å². The molecule has 5 heteroatoms. The summed E-state index contributed by atoms with van der Waals surface area (Å²) in [4.78, 5) is 18.3. The Balaban J connectivity index is 1.87. The summed E-state index contributed by atoms with van der Waals surface area (Å²) in [6.07, 6.45) is 4.04. The quantitative estimate of drug-likeness (QED) is 0.656. The van der Waals surface area contributed by atoms with Crippen LogP contribution in [0.2, 0.25) is 0 Å². The third-order valence-corrected chi connectivity index (χ3v) is 4.10. The number of halogens is 1. The molecule has 0 bridgehead atoms. The average Bonchev–Trinajstić information content (AvgIpc) is 3.32. The van der Waals surface area contributed by atoms with Gasteiger partial charge >= 0.3 is 0 Å². The fourth-order valence-electron chi connectivity index (χ4n) is 2.52. The first kappa shape index (κ1) is 16.0. The molecular formula is C16H23FN2O2. The maximum atomic E-state index is 12.8.